The van der Waals surface area contributed by atoms with E-state index < -0.39 is 0 Å². The molecule has 0 amide bonds. The van der Waals surface area contributed by atoms with Crippen molar-refractivity contribution >= 4 is 35.2 Å². The lowest BCUT2D eigenvalue weighted by Gasteiger charge is -2.07. The Morgan fingerprint density at radius 3 is 2.50 bits per heavy atom. The topological polar surface area (TPSA) is 67.2 Å². The average Bonchev–Trinajstić information content (AvgIpc) is 3.34. The highest BCUT2D eigenvalue weighted by molar-refractivity contribution is 6.31. The Bertz CT molecular complexity index is 932. The van der Waals surface area contributed by atoms with Gasteiger partial charge in [0.15, 0.2) is 0 Å². The SMILES string of the molecule is Cc1ccc(C2COC(NNC3=NC(Cc4ccccc4Cl)CO3)=N2)cc1Cl. The fourth-order valence-corrected chi connectivity index (χ4v) is 3.44. The number of hydrazine groups is 1. The maximum Gasteiger partial charge on any atom is 0.304 e. The summed E-state index contributed by atoms with van der Waals surface area (Å²) in [6, 6.07) is 14.4. The Hall–Kier alpha value is -2.44. The van der Waals surface area contributed by atoms with Gasteiger partial charge in [-0.15, -0.1) is 0 Å². The van der Waals surface area contributed by atoms with Crippen molar-refractivity contribution in [1.82, 2.24) is 10.9 Å². The molecule has 0 radical (unpaired) electrons. The van der Waals surface area contributed by atoms with Gasteiger partial charge in [0.2, 0.25) is 0 Å². The summed E-state index contributed by atoms with van der Waals surface area (Å²) in [5.41, 5.74) is 8.93. The molecule has 2 unspecified atom stereocenters. The van der Waals surface area contributed by atoms with Crippen LogP contribution < -0.4 is 10.9 Å². The maximum absolute atomic E-state index is 6.21. The van der Waals surface area contributed by atoms with E-state index in [9.17, 15) is 0 Å². The summed E-state index contributed by atoms with van der Waals surface area (Å²) in [6.07, 6.45) is 0.721. The fourth-order valence-electron chi connectivity index (χ4n) is 3.04. The second kappa shape index (κ2) is 8.29. The molecule has 28 heavy (non-hydrogen) atoms. The normalized spacial score (nSPS) is 20.8. The molecule has 2 heterocycles. The van der Waals surface area contributed by atoms with Crippen LogP contribution in [-0.2, 0) is 15.9 Å². The van der Waals surface area contributed by atoms with Crippen molar-refractivity contribution in [3.8, 4) is 0 Å². The van der Waals surface area contributed by atoms with E-state index >= 15 is 0 Å². The fraction of sp³-hybridized carbons (Fsp3) is 0.300. The van der Waals surface area contributed by atoms with Crippen LogP contribution in [0.5, 0.6) is 0 Å². The molecule has 0 spiro atoms. The van der Waals surface area contributed by atoms with Crippen molar-refractivity contribution in [2.75, 3.05) is 13.2 Å². The molecule has 6 nitrogen and oxygen atoms in total. The summed E-state index contributed by atoms with van der Waals surface area (Å²) in [7, 11) is 0. The molecule has 2 aromatic rings. The Labute approximate surface area is 173 Å². The minimum atomic E-state index is -0.0955. The van der Waals surface area contributed by atoms with Gasteiger partial charge in [-0.25, -0.2) is 20.8 Å². The summed E-state index contributed by atoms with van der Waals surface area (Å²) >= 11 is 12.4. The zero-order valence-electron chi connectivity index (χ0n) is 15.3. The zero-order valence-corrected chi connectivity index (χ0v) is 16.8. The minimum absolute atomic E-state index is 0.0121. The Balaban J connectivity index is 1.32. The van der Waals surface area contributed by atoms with Gasteiger partial charge in [-0.2, -0.15) is 0 Å². The summed E-state index contributed by atoms with van der Waals surface area (Å²) in [6.45, 7) is 2.91. The van der Waals surface area contributed by atoms with Crippen LogP contribution in [0.1, 0.15) is 22.7 Å². The number of nitrogens with one attached hydrogen (secondary N) is 2. The molecule has 2 atom stereocenters. The molecule has 0 bridgehead atoms. The van der Waals surface area contributed by atoms with Crippen LogP contribution in [0.3, 0.4) is 0 Å². The Morgan fingerprint density at radius 2 is 1.71 bits per heavy atom. The van der Waals surface area contributed by atoms with Gasteiger partial charge in [0, 0.05) is 10.0 Å². The largest absolute Gasteiger partial charge is 0.462 e. The highest BCUT2D eigenvalue weighted by Crippen LogP contribution is 2.26. The van der Waals surface area contributed by atoms with Crippen molar-refractivity contribution in [2.45, 2.75) is 25.4 Å². The third-order valence-corrected chi connectivity index (χ3v) is 5.41. The molecular formula is C20H20Cl2N4O2. The molecule has 8 heteroatoms. The van der Waals surface area contributed by atoms with Crippen LogP contribution in [0.4, 0.5) is 0 Å². The number of hydrogen-bond donors (Lipinski definition) is 2. The molecule has 0 aromatic heterocycles. The van der Waals surface area contributed by atoms with Crippen molar-refractivity contribution < 1.29 is 9.47 Å². The molecule has 2 N–H and O–H groups in total. The standard InChI is InChI=1S/C20H20Cl2N4O2/c1-12-6-7-14(9-17(12)22)18-11-28-20(24-18)26-25-19-23-15(10-27-19)8-13-4-2-3-5-16(13)21/h2-7,9,15,18H,8,10-11H2,1H3,(H,23,25)(H,24,26). The van der Waals surface area contributed by atoms with E-state index in [0.717, 1.165) is 33.2 Å². The summed E-state index contributed by atoms with van der Waals surface area (Å²) < 4.78 is 11.2. The quantitative estimate of drug-likeness (QED) is 0.743. The predicted octanol–water partition coefficient (Wildman–Crippen LogP) is 3.82. The molecule has 0 fully saturated rings. The van der Waals surface area contributed by atoms with E-state index in [-0.39, 0.29) is 12.1 Å². The highest BCUT2D eigenvalue weighted by Gasteiger charge is 2.23. The van der Waals surface area contributed by atoms with Gasteiger partial charge in [-0.3, -0.25) is 0 Å². The minimum Gasteiger partial charge on any atom is -0.462 e. The average molecular weight is 419 g/mol. The van der Waals surface area contributed by atoms with E-state index in [1.165, 1.54) is 0 Å². The number of aryl methyl sites for hydroxylation is 1. The molecular weight excluding hydrogens is 399 g/mol. The van der Waals surface area contributed by atoms with Crippen LogP contribution in [0.2, 0.25) is 10.0 Å². The van der Waals surface area contributed by atoms with Crippen molar-refractivity contribution in [3.05, 3.63) is 69.2 Å². The molecule has 0 saturated heterocycles. The van der Waals surface area contributed by atoms with E-state index in [1.807, 2.05) is 49.4 Å². The first kappa shape index (κ1) is 18.9. The lowest BCUT2D eigenvalue weighted by Crippen LogP contribution is -2.41. The third-order valence-electron chi connectivity index (χ3n) is 4.63. The monoisotopic (exact) mass is 418 g/mol. The number of halogens is 2. The van der Waals surface area contributed by atoms with Gasteiger partial charge >= 0.3 is 12.0 Å². The van der Waals surface area contributed by atoms with Gasteiger partial charge < -0.3 is 9.47 Å². The lowest BCUT2D eigenvalue weighted by atomic mass is 10.1. The van der Waals surface area contributed by atoms with Gasteiger partial charge in [-0.1, -0.05) is 53.5 Å². The zero-order chi connectivity index (χ0) is 19.5. The van der Waals surface area contributed by atoms with Gasteiger partial charge in [0.05, 0.1) is 6.04 Å². The molecule has 2 aliphatic heterocycles. The summed E-state index contributed by atoms with van der Waals surface area (Å²) in [5.74, 6) is 0. The molecule has 0 saturated carbocycles. The summed E-state index contributed by atoms with van der Waals surface area (Å²) in [5, 5.41) is 1.47. The summed E-state index contributed by atoms with van der Waals surface area (Å²) in [4.78, 5) is 9.04. The molecule has 0 aliphatic carbocycles. The first-order valence-corrected chi connectivity index (χ1v) is 9.77. The van der Waals surface area contributed by atoms with E-state index in [4.69, 9.17) is 32.7 Å². The van der Waals surface area contributed by atoms with E-state index in [1.54, 1.807) is 0 Å². The van der Waals surface area contributed by atoms with Crippen molar-refractivity contribution in [3.63, 3.8) is 0 Å². The van der Waals surface area contributed by atoms with Crippen LogP contribution in [0.25, 0.3) is 0 Å². The van der Waals surface area contributed by atoms with Crippen LogP contribution >= 0.6 is 23.2 Å². The second-order valence-corrected chi connectivity index (χ2v) is 7.53. The van der Waals surface area contributed by atoms with Crippen LogP contribution in [0.15, 0.2) is 52.4 Å². The molecule has 146 valence electrons. The van der Waals surface area contributed by atoms with Gasteiger partial charge in [0.25, 0.3) is 0 Å². The smallest absolute Gasteiger partial charge is 0.304 e. The predicted molar refractivity (Wildman–Crippen MR) is 111 cm³/mol. The van der Waals surface area contributed by atoms with E-state index in [2.05, 4.69) is 20.8 Å². The third kappa shape index (κ3) is 4.34. The van der Waals surface area contributed by atoms with Crippen LogP contribution in [-0.4, -0.2) is 31.3 Å². The van der Waals surface area contributed by atoms with Crippen molar-refractivity contribution in [1.29, 1.82) is 0 Å². The number of benzene rings is 2. The maximum atomic E-state index is 6.21. The first-order chi connectivity index (χ1) is 13.6. The number of ether oxygens (including phenoxy) is 2. The Kier molecular flexibility index (Phi) is 5.59. The number of aliphatic imine (C=N–C) groups is 2. The number of nitrogens with zero attached hydrogens (tertiary/aromatic N) is 2. The second-order valence-electron chi connectivity index (χ2n) is 6.71. The molecule has 2 aromatic carbocycles. The van der Waals surface area contributed by atoms with E-state index in [0.29, 0.717) is 25.3 Å². The van der Waals surface area contributed by atoms with Gasteiger partial charge in [0.1, 0.15) is 19.3 Å². The molecule has 2 aliphatic rings. The lowest BCUT2D eigenvalue weighted by molar-refractivity contribution is 0.288. The number of hydrogen-bond acceptors (Lipinski definition) is 6. The Morgan fingerprint density at radius 1 is 0.964 bits per heavy atom. The number of amidine groups is 2. The number of rotatable bonds is 3. The highest BCUT2D eigenvalue weighted by atomic mass is 35.5. The van der Waals surface area contributed by atoms with Crippen molar-refractivity contribution in [2.24, 2.45) is 9.98 Å². The van der Waals surface area contributed by atoms with Crippen LogP contribution in [0, 0.1) is 6.92 Å². The van der Waals surface area contributed by atoms with Gasteiger partial charge in [-0.05, 0) is 42.2 Å². The molecule has 4 rings (SSSR count). The first-order valence-electron chi connectivity index (χ1n) is 9.01.